The predicted molar refractivity (Wildman–Crippen MR) is 108 cm³/mol. The van der Waals surface area contributed by atoms with Crippen LogP contribution in [0.2, 0.25) is 0 Å². The fourth-order valence-corrected chi connectivity index (χ4v) is 4.67. The van der Waals surface area contributed by atoms with Crippen molar-refractivity contribution in [1.29, 1.82) is 0 Å². The van der Waals surface area contributed by atoms with Crippen LogP contribution in [-0.4, -0.2) is 56.7 Å². The summed E-state index contributed by atoms with van der Waals surface area (Å²) < 4.78 is 55.8. The number of nitrogens with zero attached hydrogens (tertiary/aromatic N) is 5. The van der Waals surface area contributed by atoms with Gasteiger partial charge < -0.3 is 19.7 Å². The van der Waals surface area contributed by atoms with E-state index in [2.05, 4.69) is 20.4 Å². The van der Waals surface area contributed by atoms with Crippen LogP contribution < -0.4 is 19.7 Å². The Labute approximate surface area is 185 Å². The summed E-state index contributed by atoms with van der Waals surface area (Å²) in [4.78, 5) is 23.2. The zero-order valence-corrected chi connectivity index (χ0v) is 17.3. The molecule has 9 nitrogen and oxygen atoms in total. The van der Waals surface area contributed by atoms with Crippen LogP contribution >= 0.6 is 0 Å². The molecule has 12 heteroatoms. The van der Waals surface area contributed by atoms with Gasteiger partial charge in [-0.2, -0.15) is 5.10 Å². The van der Waals surface area contributed by atoms with Crippen molar-refractivity contribution in [2.45, 2.75) is 43.9 Å². The first kappa shape index (κ1) is 20.1. The number of carbonyl (C=O) groups is 1. The number of pyridine rings is 1. The van der Waals surface area contributed by atoms with E-state index in [9.17, 15) is 18.0 Å². The Morgan fingerprint density at radius 3 is 3.00 bits per heavy atom. The molecule has 2 aliphatic heterocycles. The molecule has 3 aromatic heterocycles. The van der Waals surface area contributed by atoms with Gasteiger partial charge in [0, 0.05) is 5.56 Å². The molecule has 0 radical (unpaired) electrons. The molecule has 0 saturated heterocycles. The molecule has 2 bridgehead atoms. The lowest BCUT2D eigenvalue weighted by Gasteiger charge is -2.39. The van der Waals surface area contributed by atoms with Gasteiger partial charge in [-0.15, -0.1) is 0 Å². The summed E-state index contributed by atoms with van der Waals surface area (Å²) in [5.41, 5.74) is 0.597. The van der Waals surface area contributed by atoms with Crippen molar-refractivity contribution < 1.29 is 27.4 Å². The fraction of sp³-hybridized carbons (Fsp3) is 0.429. The molecule has 33 heavy (non-hydrogen) atoms. The van der Waals surface area contributed by atoms with Crippen LogP contribution in [0.3, 0.4) is 0 Å². The third kappa shape index (κ3) is 3.40. The van der Waals surface area contributed by atoms with Gasteiger partial charge in [-0.05, 0) is 25.3 Å². The number of anilines is 1. The van der Waals surface area contributed by atoms with Crippen molar-refractivity contribution in [3.8, 4) is 11.6 Å². The fourth-order valence-electron chi connectivity index (χ4n) is 4.67. The number of alkyl halides is 2. The normalized spacial score (nSPS) is 23.8. The van der Waals surface area contributed by atoms with Crippen LogP contribution in [0.5, 0.6) is 11.6 Å². The minimum atomic E-state index is -3.38. The zero-order valence-electron chi connectivity index (χ0n) is 17.3. The van der Waals surface area contributed by atoms with E-state index in [1.807, 2.05) is 4.90 Å². The maximum Gasteiger partial charge on any atom is 0.298 e. The number of rotatable bonds is 0. The highest BCUT2D eigenvalue weighted by Gasteiger charge is 2.41. The van der Waals surface area contributed by atoms with Crippen LogP contribution in [0.15, 0.2) is 24.7 Å². The molecule has 2 atom stereocenters. The summed E-state index contributed by atoms with van der Waals surface area (Å²) in [5, 5.41) is 6.37. The SMILES string of the molecule is O=C1NCC(F)(F)COc2ncc(F)cc2CN2c3nc4c1cnn4cc3O[C@H]1CCC[C@H]12. The molecule has 1 saturated carbocycles. The lowest BCUT2D eigenvalue weighted by atomic mass is 10.1. The van der Waals surface area contributed by atoms with Gasteiger partial charge in [0.1, 0.15) is 17.5 Å². The number of amides is 1. The molecule has 0 spiro atoms. The highest BCUT2D eigenvalue weighted by atomic mass is 19.3. The second kappa shape index (κ2) is 7.22. The largest absolute Gasteiger partial charge is 0.483 e. The molecule has 0 unspecified atom stereocenters. The number of carbonyl (C=O) groups excluding carboxylic acids is 1. The minimum absolute atomic E-state index is 0.0573. The molecule has 1 aliphatic carbocycles. The Morgan fingerprint density at radius 1 is 1.24 bits per heavy atom. The lowest BCUT2D eigenvalue weighted by molar-refractivity contribution is -0.0390. The molecule has 1 N–H and O–H groups in total. The summed E-state index contributed by atoms with van der Waals surface area (Å²) in [6.45, 7) is -1.85. The van der Waals surface area contributed by atoms with Crippen LogP contribution in [0.1, 0.15) is 35.2 Å². The number of aromatic nitrogens is 4. The van der Waals surface area contributed by atoms with Crippen LogP contribution in [0.25, 0.3) is 5.65 Å². The molecule has 0 aromatic carbocycles. The number of ether oxygens (including phenoxy) is 2. The van der Waals surface area contributed by atoms with E-state index in [1.165, 1.54) is 16.8 Å². The second-order valence-electron chi connectivity index (χ2n) is 8.48. The minimum Gasteiger partial charge on any atom is -0.483 e. The molecule has 3 aromatic rings. The van der Waals surface area contributed by atoms with E-state index in [0.29, 0.717) is 17.1 Å². The first-order valence-electron chi connectivity index (χ1n) is 10.6. The summed E-state index contributed by atoms with van der Waals surface area (Å²) in [7, 11) is 0. The molecule has 6 rings (SSSR count). The molecule has 5 heterocycles. The first-order valence-corrected chi connectivity index (χ1v) is 10.6. The van der Waals surface area contributed by atoms with Crippen molar-refractivity contribution in [2.24, 2.45) is 0 Å². The molecule has 172 valence electrons. The van der Waals surface area contributed by atoms with Gasteiger partial charge in [-0.3, -0.25) is 4.79 Å². The topological polar surface area (TPSA) is 93.9 Å². The van der Waals surface area contributed by atoms with Gasteiger partial charge in [0.25, 0.3) is 11.8 Å². The molecule has 1 amide bonds. The average Bonchev–Trinajstić information content (AvgIpc) is 3.42. The number of hydrogen-bond donors (Lipinski definition) is 1. The standard InChI is InChI=1S/C21H19F3N6O3/c22-12-4-11-7-29-14-2-1-3-15(14)33-16-8-30-17(28-18(16)29)13(6-27-30)19(31)26-9-21(23,24)10-32-20(11)25-5-12/h4-6,8,14-15H,1-3,7,9-10H2,(H,26,31)/t14-,15+/m1/s1. The number of halogens is 3. The van der Waals surface area contributed by atoms with E-state index >= 15 is 0 Å². The Kier molecular flexibility index (Phi) is 4.39. The molecule has 1 fully saturated rings. The van der Waals surface area contributed by atoms with Crippen LogP contribution in [-0.2, 0) is 6.54 Å². The lowest BCUT2D eigenvalue weighted by Crippen LogP contribution is -2.47. The molecule has 3 aliphatic rings. The molecular formula is C21H19F3N6O3. The van der Waals surface area contributed by atoms with Crippen LogP contribution in [0.4, 0.5) is 19.0 Å². The van der Waals surface area contributed by atoms with Gasteiger partial charge in [0.05, 0.1) is 37.7 Å². The highest BCUT2D eigenvalue weighted by molar-refractivity contribution is 5.99. The van der Waals surface area contributed by atoms with E-state index in [4.69, 9.17) is 9.47 Å². The van der Waals surface area contributed by atoms with E-state index in [0.717, 1.165) is 25.5 Å². The maximum atomic E-state index is 14.4. The maximum absolute atomic E-state index is 14.4. The third-order valence-electron chi connectivity index (χ3n) is 6.21. The quantitative estimate of drug-likeness (QED) is 0.550. The molecular weight excluding hydrogens is 441 g/mol. The third-order valence-corrected chi connectivity index (χ3v) is 6.21. The summed E-state index contributed by atoms with van der Waals surface area (Å²) in [6, 6.07) is 1.17. The van der Waals surface area contributed by atoms with Gasteiger partial charge in [0.2, 0.25) is 5.88 Å². The van der Waals surface area contributed by atoms with E-state index < -0.39 is 30.8 Å². The zero-order chi connectivity index (χ0) is 22.7. The summed E-state index contributed by atoms with van der Waals surface area (Å²) in [6.07, 6.45) is 6.31. The van der Waals surface area contributed by atoms with Crippen molar-refractivity contribution >= 4 is 17.4 Å². The van der Waals surface area contributed by atoms with Gasteiger partial charge in [-0.25, -0.2) is 27.7 Å². The van der Waals surface area contributed by atoms with E-state index in [-0.39, 0.29) is 35.8 Å². The Balaban J connectivity index is 1.54. The van der Waals surface area contributed by atoms with Crippen molar-refractivity contribution in [1.82, 2.24) is 24.9 Å². The summed E-state index contributed by atoms with van der Waals surface area (Å²) >= 11 is 0. The average molecular weight is 460 g/mol. The number of nitrogens with one attached hydrogen (secondary N) is 1. The Morgan fingerprint density at radius 2 is 2.12 bits per heavy atom. The first-order chi connectivity index (χ1) is 15.9. The Bertz CT molecular complexity index is 1270. The monoisotopic (exact) mass is 460 g/mol. The number of hydrogen-bond acceptors (Lipinski definition) is 7. The summed E-state index contributed by atoms with van der Waals surface area (Å²) in [5.74, 6) is -3.85. The van der Waals surface area contributed by atoms with Gasteiger partial charge in [-0.1, -0.05) is 0 Å². The van der Waals surface area contributed by atoms with Gasteiger partial charge in [0.15, 0.2) is 23.8 Å². The van der Waals surface area contributed by atoms with Crippen molar-refractivity contribution in [2.75, 3.05) is 18.1 Å². The smallest absolute Gasteiger partial charge is 0.298 e. The second-order valence-corrected chi connectivity index (χ2v) is 8.48. The highest BCUT2D eigenvalue weighted by Crippen LogP contribution is 2.42. The van der Waals surface area contributed by atoms with Crippen molar-refractivity contribution in [3.63, 3.8) is 0 Å². The Hall–Kier alpha value is -3.57. The van der Waals surface area contributed by atoms with Crippen molar-refractivity contribution in [3.05, 3.63) is 41.6 Å². The van der Waals surface area contributed by atoms with E-state index in [1.54, 1.807) is 6.20 Å². The van der Waals surface area contributed by atoms with Crippen LogP contribution in [0, 0.1) is 5.82 Å². The predicted octanol–water partition coefficient (Wildman–Crippen LogP) is 2.34. The van der Waals surface area contributed by atoms with Gasteiger partial charge >= 0.3 is 0 Å². The number of fused-ring (bicyclic) bond motifs is 3.